The van der Waals surface area contributed by atoms with Crippen molar-refractivity contribution in [2.24, 2.45) is 0 Å². The Kier molecular flexibility index (Phi) is 2.70. The first kappa shape index (κ1) is 9.87. The van der Waals surface area contributed by atoms with Gasteiger partial charge in [0, 0.05) is 19.4 Å². The lowest BCUT2D eigenvalue weighted by atomic mass is 10.2. The van der Waals surface area contributed by atoms with Crippen LogP contribution in [0.15, 0.2) is 33.5 Å². The molecule has 72 valence electrons. The van der Waals surface area contributed by atoms with E-state index in [2.05, 4.69) is 22.9 Å². The number of benzene rings is 1. The van der Waals surface area contributed by atoms with Gasteiger partial charge < -0.3 is 0 Å². The lowest BCUT2D eigenvalue weighted by Crippen LogP contribution is -1.99. The van der Waals surface area contributed by atoms with Crippen LogP contribution in [-0.4, -0.2) is 0 Å². The maximum atomic E-state index is 11.7. The molecule has 0 atom stereocenters. The van der Waals surface area contributed by atoms with Crippen molar-refractivity contribution in [2.45, 2.75) is 13.3 Å². The fraction of sp³-hybridized carbons (Fsp3) is 0.182. The minimum atomic E-state index is 0.122. The summed E-state index contributed by atoms with van der Waals surface area (Å²) in [5.74, 6) is 0. The molecule has 0 bridgehead atoms. The van der Waals surface area contributed by atoms with Crippen molar-refractivity contribution < 1.29 is 0 Å². The fourth-order valence-corrected chi connectivity index (χ4v) is 2.71. The Bertz CT molecular complexity index is 530. The third kappa shape index (κ3) is 1.74. The van der Waals surface area contributed by atoms with Gasteiger partial charge in [-0.05, 0) is 30.7 Å². The maximum Gasteiger partial charge on any atom is 0.188 e. The van der Waals surface area contributed by atoms with Gasteiger partial charge in [-0.25, -0.2) is 0 Å². The van der Waals surface area contributed by atoms with E-state index in [1.54, 1.807) is 17.4 Å². The topological polar surface area (TPSA) is 17.1 Å². The molecule has 3 heteroatoms. The standard InChI is InChI=1S/C11H9BrOS/c1-2-8-6-10(13)9-5-7(12)3-4-11(9)14-8/h3-6H,2H2,1H3. The summed E-state index contributed by atoms with van der Waals surface area (Å²) in [7, 11) is 0. The van der Waals surface area contributed by atoms with Crippen LogP contribution in [0.1, 0.15) is 11.8 Å². The Morgan fingerprint density at radius 3 is 2.86 bits per heavy atom. The summed E-state index contributed by atoms with van der Waals surface area (Å²) in [4.78, 5) is 12.8. The van der Waals surface area contributed by atoms with Crippen LogP contribution in [0.25, 0.3) is 10.1 Å². The van der Waals surface area contributed by atoms with Crippen molar-refractivity contribution in [3.05, 3.63) is 43.8 Å². The summed E-state index contributed by atoms with van der Waals surface area (Å²) in [6.07, 6.45) is 0.923. The molecule has 0 radical (unpaired) electrons. The van der Waals surface area contributed by atoms with Crippen molar-refractivity contribution >= 4 is 37.4 Å². The highest BCUT2D eigenvalue weighted by atomic mass is 79.9. The first-order chi connectivity index (χ1) is 6.70. The van der Waals surface area contributed by atoms with Gasteiger partial charge in [-0.15, -0.1) is 11.3 Å². The Hall–Kier alpha value is -0.670. The minimum absolute atomic E-state index is 0.122. The molecule has 0 spiro atoms. The lowest BCUT2D eigenvalue weighted by molar-refractivity contribution is 1.18. The SMILES string of the molecule is CCc1cc(=O)c2cc(Br)ccc2s1. The summed E-state index contributed by atoms with van der Waals surface area (Å²) >= 11 is 5.06. The van der Waals surface area contributed by atoms with Crippen molar-refractivity contribution in [3.63, 3.8) is 0 Å². The lowest BCUT2D eigenvalue weighted by Gasteiger charge is -1.99. The molecule has 0 aliphatic rings. The molecule has 2 rings (SSSR count). The molecule has 0 aliphatic carbocycles. The smallest absolute Gasteiger partial charge is 0.188 e. The zero-order valence-corrected chi connectivity index (χ0v) is 10.1. The molecule has 0 unspecified atom stereocenters. The molecule has 0 saturated heterocycles. The van der Waals surface area contributed by atoms with Crippen LogP contribution in [0.2, 0.25) is 0 Å². The van der Waals surface area contributed by atoms with E-state index in [1.165, 1.54) is 0 Å². The minimum Gasteiger partial charge on any atom is -0.289 e. The molecule has 0 saturated carbocycles. The molecule has 0 fully saturated rings. The highest BCUT2D eigenvalue weighted by molar-refractivity contribution is 9.10. The summed E-state index contributed by atoms with van der Waals surface area (Å²) in [5.41, 5.74) is 0.122. The summed E-state index contributed by atoms with van der Waals surface area (Å²) in [6, 6.07) is 7.58. The van der Waals surface area contributed by atoms with E-state index in [0.29, 0.717) is 0 Å². The van der Waals surface area contributed by atoms with Crippen LogP contribution in [0, 0.1) is 0 Å². The second-order valence-corrected chi connectivity index (χ2v) is 5.16. The van der Waals surface area contributed by atoms with Crippen molar-refractivity contribution in [2.75, 3.05) is 0 Å². The van der Waals surface area contributed by atoms with Crippen LogP contribution in [0.4, 0.5) is 0 Å². The number of hydrogen-bond acceptors (Lipinski definition) is 2. The quantitative estimate of drug-likeness (QED) is 0.773. The van der Waals surface area contributed by atoms with Gasteiger partial charge in [0.15, 0.2) is 5.43 Å². The molecule has 1 nitrogen and oxygen atoms in total. The number of aryl methyl sites for hydroxylation is 1. The van der Waals surface area contributed by atoms with Gasteiger partial charge in [0.05, 0.1) is 0 Å². The number of fused-ring (bicyclic) bond motifs is 1. The van der Waals surface area contributed by atoms with E-state index < -0.39 is 0 Å². The van der Waals surface area contributed by atoms with Gasteiger partial charge in [0.25, 0.3) is 0 Å². The molecule has 14 heavy (non-hydrogen) atoms. The summed E-state index contributed by atoms with van der Waals surface area (Å²) < 4.78 is 2.02. The monoisotopic (exact) mass is 268 g/mol. The number of halogens is 1. The van der Waals surface area contributed by atoms with E-state index in [9.17, 15) is 4.79 Å². The molecule has 0 amide bonds. The summed E-state index contributed by atoms with van der Waals surface area (Å²) in [6.45, 7) is 2.07. The zero-order valence-electron chi connectivity index (χ0n) is 7.71. The van der Waals surface area contributed by atoms with Crippen molar-refractivity contribution in [3.8, 4) is 0 Å². The zero-order chi connectivity index (χ0) is 10.1. The predicted molar refractivity (Wildman–Crippen MR) is 65.2 cm³/mol. The Labute approximate surface area is 94.5 Å². The molecule has 1 heterocycles. The number of rotatable bonds is 1. The van der Waals surface area contributed by atoms with Gasteiger partial charge in [-0.3, -0.25) is 4.79 Å². The average Bonchev–Trinajstić information content (AvgIpc) is 2.19. The van der Waals surface area contributed by atoms with Crippen LogP contribution in [0.3, 0.4) is 0 Å². The largest absolute Gasteiger partial charge is 0.289 e. The van der Waals surface area contributed by atoms with Crippen molar-refractivity contribution in [1.82, 2.24) is 0 Å². The molecule has 2 aromatic rings. The van der Waals surface area contributed by atoms with E-state index in [4.69, 9.17) is 0 Å². The first-order valence-electron chi connectivity index (χ1n) is 4.43. The first-order valence-corrected chi connectivity index (χ1v) is 6.04. The normalized spacial score (nSPS) is 10.7. The second-order valence-electron chi connectivity index (χ2n) is 3.07. The van der Waals surface area contributed by atoms with Gasteiger partial charge in [0.1, 0.15) is 0 Å². The maximum absolute atomic E-state index is 11.7. The van der Waals surface area contributed by atoms with Crippen LogP contribution < -0.4 is 5.43 Å². The van der Waals surface area contributed by atoms with Crippen molar-refractivity contribution in [1.29, 1.82) is 0 Å². The van der Waals surface area contributed by atoms with Gasteiger partial charge in [-0.2, -0.15) is 0 Å². The van der Waals surface area contributed by atoms with Crippen LogP contribution >= 0.6 is 27.3 Å². The predicted octanol–water partition coefficient (Wildman–Crippen LogP) is 3.59. The third-order valence-corrected chi connectivity index (χ3v) is 3.83. The van der Waals surface area contributed by atoms with Gasteiger partial charge >= 0.3 is 0 Å². The highest BCUT2D eigenvalue weighted by Crippen LogP contribution is 2.22. The average molecular weight is 269 g/mol. The summed E-state index contributed by atoms with van der Waals surface area (Å²) in [5, 5.41) is 0.807. The van der Waals surface area contributed by atoms with Gasteiger partial charge in [-0.1, -0.05) is 22.9 Å². The molecular formula is C11H9BrOS. The highest BCUT2D eigenvalue weighted by Gasteiger charge is 2.01. The van der Waals surface area contributed by atoms with E-state index in [0.717, 1.165) is 25.9 Å². The fourth-order valence-electron chi connectivity index (χ4n) is 1.35. The van der Waals surface area contributed by atoms with Crippen LogP contribution in [0.5, 0.6) is 0 Å². The Morgan fingerprint density at radius 2 is 2.14 bits per heavy atom. The van der Waals surface area contributed by atoms with E-state index >= 15 is 0 Å². The molecule has 0 aliphatic heterocycles. The van der Waals surface area contributed by atoms with Crippen LogP contribution in [-0.2, 0) is 6.42 Å². The third-order valence-electron chi connectivity index (χ3n) is 2.09. The van der Waals surface area contributed by atoms with E-state index in [1.807, 2.05) is 18.2 Å². The molecule has 1 aromatic carbocycles. The Morgan fingerprint density at radius 1 is 1.36 bits per heavy atom. The second kappa shape index (κ2) is 3.83. The molecule has 1 aromatic heterocycles. The van der Waals surface area contributed by atoms with E-state index in [-0.39, 0.29) is 5.43 Å². The molecule has 0 N–H and O–H groups in total. The Balaban J connectivity index is 2.83. The molecular weight excluding hydrogens is 260 g/mol. The van der Waals surface area contributed by atoms with Gasteiger partial charge in [0.2, 0.25) is 0 Å². The number of hydrogen-bond donors (Lipinski definition) is 0.